The van der Waals surface area contributed by atoms with Gasteiger partial charge < -0.3 is 5.32 Å². The topological polar surface area (TPSA) is 54.9 Å². The van der Waals surface area contributed by atoms with Gasteiger partial charge in [-0.2, -0.15) is 0 Å². The van der Waals surface area contributed by atoms with E-state index in [0.717, 1.165) is 34.5 Å². The number of carbonyl (C=O) groups is 1. The summed E-state index contributed by atoms with van der Waals surface area (Å²) in [5.41, 5.74) is 2.62. The summed E-state index contributed by atoms with van der Waals surface area (Å²) in [6.45, 7) is 1.94. The van der Waals surface area contributed by atoms with Crippen LogP contribution >= 0.6 is 23.1 Å². The van der Waals surface area contributed by atoms with E-state index in [1.165, 1.54) is 22.9 Å². The molecule has 3 aromatic rings. The number of carbonyl (C=O) groups excluding carboxylic acids is 1. The van der Waals surface area contributed by atoms with E-state index in [4.69, 9.17) is 0 Å². The molecule has 4 nitrogen and oxygen atoms in total. The van der Waals surface area contributed by atoms with Crippen LogP contribution < -0.4 is 5.32 Å². The molecule has 1 aliphatic carbocycles. The van der Waals surface area contributed by atoms with Crippen LogP contribution in [0.25, 0.3) is 10.2 Å². The maximum atomic E-state index is 12.7. The molecule has 2 heterocycles. The van der Waals surface area contributed by atoms with Gasteiger partial charge in [0.25, 0.3) is 0 Å². The van der Waals surface area contributed by atoms with Crippen LogP contribution in [-0.4, -0.2) is 21.1 Å². The summed E-state index contributed by atoms with van der Waals surface area (Å²) in [4.78, 5) is 22.3. The van der Waals surface area contributed by atoms with E-state index in [2.05, 4.69) is 39.6 Å². The van der Waals surface area contributed by atoms with Gasteiger partial charge in [-0.25, -0.2) is 9.97 Å². The van der Waals surface area contributed by atoms with E-state index in [-0.39, 0.29) is 17.2 Å². The first-order valence-electron chi connectivity index (χ1n) is 8.45. The third kappa shape index (κ3) is 3.41. The monoisotopic (exact) mass is 369 g/mol. The summed E-state index contributed by atoms with van der Waals surface area (Å²) in [5, 5.41) is 6.94. The highest BCUT2D eigenvalue weighted by molar-refractivity contribution is 8.00. The second-order valence-electron chi connectivity index (χ2n) is 6.23. The highest BCUT2D eigenvalue weighted by atomic mass is 32.2. The van der Waals surface area contributed by atoms with Gasteiger partial charge in [-0.3, -0.25) is 4.79 Å². The van der Waals surface area contributed by atoms with Crippen molar-refractivity contribution in [2.45, 2.75) is 42.5 Å². The van der Waals surface area contributed by atoms with Crippen molar-refractivity contribution >= 4 is 39.2 Å². The van der Waals surface area contributed by atoms with Gasteiger partial charge in [0.15, 0.2) is 0 Å². The van der Waals surface area contributed by atoms with Crippen molar-refractivity contribution in [1.82, 2.24) is 15.3 Å². The molecule has 0 saturated carbocycles. The maximum absolute atomic E-state index is 12.7. The molecule has 6 heteroatoms. The standard InChI is InChI=1S/C19H19N3OS2/c1-12(25-19-15-9-10-24-18(15)20-11-21-19)17(23)22-16-8-4-6-13-5-2-3-7-14(13)16/h2-3,5,7,9-12,16H,4,6,8H2,1H3,(H,22,23)/t12-,16+/m0/s1. The molecule has 128 valence electrons. The lowest BCUT2D eigenvalue weighted by molar-refractivity contribution is -0.121. The predicted molar refractivity (Wildman–Crippen MR) is 103 cm³/mol. The summed E-state index contributed by atoms with van der Waals surface area (Å²) in [7, 11) is 0. The fourth-order valence-corrected chi connectivity index (χ4v) is 4.98. The van der Waals surface area contributed by atoms with Crippen LogP contribution in [0.5, 0.6) is 0 Å². The molecule has 1 amide bonds. The van der Waals surface area contributed by atoms with Crippen molar-refractivity contribution in [1.29, 1.82) is 0 Å². The Morgan fingerprint density at radius 2 is 2.20 bits per heavy atom. The SMILES string of the molecule is C[C@H](Sc1ncnc2sccc12)C(=O)N[C@@H]1CCCc2ccccc21. The minimum Gasteiger partial charge on any atom is -0.348 e. The Balaban J connectivity index is 1.47. The third-order valence-corrected chi connectivity index (χ3v) is 6.51. The molecule has 0 unspecified atom stereocenters. The number of fused-ring (bicyclic) bond motifs is 2. The zero-order valence-electron chi connectivity index (χ0n) is 13.9. The highest BCUT2D eigenvalue weighted by Gasteiger charge is 2.24. The highest BCUT2D eigenvalue weighted by Crippen LogP contribution is 2.32. The Kier molecular flexibility index (Phi) is 4.72. The van der Waals surface area contributed by atoms with E-state index in [0.29, 0.717) is 0 Å². The summed E-state index contributed by atoms with van der Waals surface area (Å²) in [5.74, 6) is 0.0636. The van der Waals surface area contributed by atoms with Crippen LogP contribution in [0.2, 0.25) is 0 Å². The molecule has 0 spiro atoms. The Hall–Kier alpha value is -1.92. The summed E-state index contributed by atoms with van der Waals surface area (Å²) < 4.78 is 0. The van der Waals surface area contributed by atoms with Gasteiger partial charge in [0.1, 0.15) is 16.2 Å². The molecule has 0 saturated heterocycles. The molecule has 0 radical (unpaired) electrons. The summed E-state index contributed by atoms with van der Waals surface area (Å²) in [6.07, 6.45) is 4.79. The molecule has 4 rings (SSSR count). The molecule has 0 aliphatic heterocycles. The second-order valence-corrected chi connectivity index (χ2v) is 8.45. The molecule has 0 bridgehead atoms. The lowest BCUT2D eigenvalue weighted by atomic mass is 9.88. The van der Waals surface area contributed by atoms with Gasteiger partial charge in [0.2, 0.25) is 5.91 Å². The van der Waals surface area contributed by atoms with Gasteiger partial charge in [-0.05, 0) is 48.8 Å². The summed E-state index contributed by atoms with van der Waals surface area (Å²) in [6, 6.07) is 10.6. The molecule has 25 heavy (non-hydrogen) atoms. The largest absolute Gasteiger partial charge is 0.348 e. The smallest absolute Gasteiger partial charge is 0.233 e. The van der Waals surface area contributed by atoms with Crippen LogP contribution in [0.15, 0.2) is 47.1 Å². The number of benzene rings is 1. The number of thiophene rings is 1. The molecule has 0 fully saturated rings. The van der Waals surface area contributed by atoms with E-state index in [9.17, 15) is 4.79 Å². The molecule has 1 N–H and O–H groups in total. The second kappa shape index (κ2) is 7.14. The first kappa shape index (κ1) is 16.5. The fourth-order valence-electron chi connectivity index (χ4n) is 3.28. The van der Waals surface area contributed by atoms with Crippen molar-refractivity contribution in [3.63, 3.8) is 0 Å². The lowest BCUT2D eigenvalue weighted by Gasteiger charge is -2.27. The van der Waals surface area contributed by atoms with E-state index < -0.39 is 0 Å². The quantitative estimate of drug-likeness (QED) is 0.548. The first-order chi connectivity index (χ1) is 12.2. The number of nitrogens with one attached hydrogen (secondary N) is 1. The Morgan fingerprint density at radius 1 is 1.32 bits per heavy atom. The van der Waals surface area contributed by atoms with E-state index in [1.54, 1.807) is 17.7 Å². The molecular weight excluding hydrogens is 350 g/mol. The van der Waals surface area contributed by atoms with Crippen LogP contribution in [0.1, 0.15) is 36.9 Å². The number of hydrogen-bond donors (Lipinski definition) is 1. The minimum atomic E-state index is -0.202. The molecule has 2 aromatic heterocycles. The number of amides is 1. The Labute approximate surface area is 155 Å². The number of aryl methyl sites for hydroxylation is 1. The number of rotatable bonds is 4. The van der Waals surface area contributed by atoms with Crippen LogP contribution in [0.4, 0.5) is 0 Å². The van der Waals surface area contributed by atoms with E-state index in [1.807, 2.05) is 18.4 Å². The van der Waals surface area contributed by atoms with Crippen LogP contribution in [0.3, 0.4) is 0 Å². The number of hydrogen-bond acceptors (Lipinski definition) is 5. The van der Waals surface area contributed by atoms with Gasteiger partial charge in [0, 0.05) is 5.39 Å². The van der Waals surface area contributed by atoms with Crippen molar-refractivity contribution in [2.75, 3.05) is 0 Å². The molecule has 1 aliphatic rings. The number of nitrogens with zero attached hydrogens (tertiary/aromatic N) is 2. The molecular formula is C19H19N3OS2. The van der Waals surface area contributed by atoms with Gasteiger partial charge in [0.05, 0.1) is 11.3 Å². The lowest BCUT2D eigenvalue weighted by Crippen LogP contribution is -2.35. The third-order valence-electron chi connectivity index (χ3n) is 4.57. The minimum absolute atomic E-state index is 0.0636. The Bertz CT molecular complexity index is 908. The normalized spacial score (nSPS) is 17.9. The van der Waals surface area contributed by atoms with E-state index >= 15 is 0 Å². The zero-order valence-corrected chi connectivity index (χ0v) is 15.6. The maximum Gasteiger partial charge on any atom is 0.233 e. The van der Waals surface area contributed by atoms with Gasteiger partial charge in [-0.1, -0.05) is 36.0 Å². The van der Waals surface area contributed by atoms with Crippen molar-refractivity contribution in [3.8, 4) is 0 Å². The molecule has 2 atom stereocenters. The van der Waals surface area contributed by atoms with Crippen molar-refractivity contribution in [3.05, 3.63) is 53.2 Å². The van der Waals surface area contributed by atoms with Crippen LogP contribution in [-0.2, 0) is 11.2 Å². The van der Waals surface area contributed by atoms with Gasteiger partial charge in [-0.15, -0.1) is 11.3 Å². The summed E-state index contributed by atoms with van der Waals surface area (Å²) >= 11 is 3.09. The van der Waals surface area contributed by atoms with Crippen molar-refractivity contribution < 1.29 is 4.79 Å². The Morgan fingerprint density at radius 3 is 3.12 bits per heavy atom. The zero-order chi connectivity index (χ0) is 17.2. The van der Waals surface area contributed by atoms with Crippen molar-refractivity contribution in [2.24, 2.45) is 0 Å². The fraction of sp³-hybridized carbons (Fsp3) is 0.316. The predicted octanol–water partition coefficient (Wildman–Crippen LogP) is 4.37. The van der Waals surface area contributed by atoms with Crippen LogP contribution in [0, 0.1) is 0 Å². The number of thioether (sulfide) groups is 1. The van der Waals surface area contributed by atoms with Gasteiger partial charge >= 0.3 is 0 Å². The average molecular weight is 370 g/mol. The average Bonchev–Trinajstić information content (AvgIpc) is 3.12. The first-order valence-corrected chi connectivity index (χ1v) is 10.2. The number of aromatic nitrogens is 2. The molecule has 1 aromatic carbocycles.